The molecule has 0 aromatic rings. The summed E-state index contributed by atoms with van der Waals surface area (Å²) in [6.45, 7) is 8.62. The summed E-state index contributed by atoms with van der Waals surface area (Å²) in [7, 11) is 0. The van der Waals surface area contributed by atoms with Crippen LogP contribution in [0.3, 0.4) is 0 Å². The highest BCUT2D eigenvalue weighted by molar-refractivity contribution is 5.78. The zero-order valence-corrected chi connectivity index (χ0v) is 9.05. The van der Waals surface area contributed by atoms with E-state index < -0.39 is 0 Å². The summed E-state index contributed by atoms with van der Waals surface area (Å²) in [5.74, 6) is 0.0514. The molecule has 1 unspecified atom stereocenters. The number of amides is 1. The van der Waals surface area contributed by atoms with Crippen molar-refractivity contribution in [1.29, 1.82) is 0 Å². The summed E-state index contributed by atoms with van der Waals surface area (Å²) in [4.78, 5) is 11.4. The van der Waals surface area contributed by atoms with Gasteiger partial charge in [-0.1, -0.05) is 27.7 Å². The molecule has 0 saturated heterocycles. The average molecular weight is 187 g/mol. The molecule has 78 valence electrons. The van der Waals surface area contributed by atoms with Crippen LogP contribution in [0.15, 0.2) is 0 Å². The molecule has 0 fully saturated rings. The first-order chi connectivity index (χ1) is 5.87. The van der Waals surface area contributed by atoms with Crippen molar-refractivity contribution in [2.75, 3.05) is 13.2 Å². The number of aliphatic hydroxyl groups is 1. The molecule has 0 aliphatic carbocycles. The van der Waals surface area contributed by atoms with Crippen molar-refractivity contribution in [2.24, 2.45) is 11.3 Å². The Balaban J connectivity index is 3.83. The highest BCUT2D eigenvalue weighted by atomic mass is 16.3. The Morgan fingerprint density at radius 2 is 2.00 bits per heavy atom. The van der Waals surface area contributed by atoms with E-state index in [0.717, 1.165) is 6.42 Å². The van der Waals surface area contributed by atoms with Crippen molar-refractivity contribution in [3.05, 3.63) is 0 Å². The van der Waals surface area contributed by atoms with E-state index in [1.54, 1.807) is 0 Å². The summed E-state index contributed by atoms with van der Waals surface area (Å²) in [6.07, 6.45) is 0.865. The molecule has 1 amide bonds. The normalized spacial score (nSPS) is 13.9. The van der Waals surface area contributed by atoms with Crippen molar-refractivity contribution < 1.29 is 9.90 Å². The molecule has 0 rings (SSSR count). The van der Waals surface area contributed by atoms with E-state index in [1.165, 1.54) is 0 Å². The SMILES string of the molecule is CC(CC(C)(C)C)C(=O)NCCO. The van der Waals surface area contributed by atoms with Crippen molar-refractivity contribution in [3.63, 3.8) is 0 Å². The molecule has 0 saturated carbocycles. The van der Waals surface area contributed by atoms with E-state index in [2.05, 4.69) is 26.1 Å². The van der Waals surface area contributed by atoms with Crippen LogP contribution in [0.1, 0.15) is 34.1 Å². The molecule has 3 heteroatoms. The first-order valence-corrected chi connectivity index (χ1v) is 4.75. The molecule has 2 N–H and O–H groups in total. The Hall–Kier alpha value is -0.570. The van der Waals surface area contributed by atoms with Crippen LogP contribution in [0.5, 0.6) is 0 Å². The molecular weight excluding hydrogens is 166 g/mol. The Labute approximate surface area is 80.5 Å². The second kappa shape index (κ2) is 5.22. The van der Waals surface area contributed by atoms with Gasteiger partial charge in [0.25, 0.3) is 0 Å². The van der Waals surface area contributed by atoms with Gasteiger partial charge in [0.05, 0.1) is 6.61 Å². The van der Waals surface area contributed by atoms with Crippen LogP contribution in [0.4, 0.5) is 0 Å². The van der Waals surface area contributed by atoms with Gasteiger partial charge in [0.2, 0.25) is 5.91 Å². The van der Waals surface area contributed by atoms with Gasteiger partial charge in [0, 0.05) is 12.5 Å². The van der Waals surface area contributed by atoms with Gasteiger partial charge in [0.1, 0.15) is 0 Å². The third-order valence-electron chi connectivity index (χ3n) is 1.78. The van der Waals surface area contributed by atoms with E-state index >= 15 is 0 Å². The van der Waals surface area contributed by atoms with Gasteiger partial charge in [-0.05, 0) is 11.8 Å². The fourth-order valence-corrected chi connectivity index (χ4v) is 1.36. The quantitative estimate of drug-likeness (QED) is 0.694. The molecule has 0 aliphatic rings. The Morgan fingerprint density at radius 1 is 1.46 bits per heavy atom. The molecule has 0 spiro atoms. The largest absolute Gasteiger partial charge is 0.395 e. The summed E-state index contributed by atoms with van der Waals surface area (Å²) in [5, 5.41) is 11.2. The lowest BCUT2D eigenvalue weighted by molar-refractivity contribution is -0.125. The molecule has 0 aliphatic heterocycles. The Morgan fingerprint density at radius 3 is 2.38 bits per heavy atom. The minimum Gasteiger partial charge on any atom is -0.395 e. The standard InChI is InChI=1S/C10H21NO2/c1-8(7-10(2,3)4)9(13)11-5-6-12/h8,12H,5-7H2,1-4H3,(H,11,13). The third-order valence-corrected chi connectivity index (χ3v) is 1.78. The summed E-state index contributed by atoms with van der Waals surface area (Å²) in [5.41, 5.74) is 0.177. The minimum absolute atomic E-state index is 0.00791. The van der Waals surface area contributed by atoms with Gasteiger partial charge in [-0.2, -0.15) is 0 Å². The fourth-order valence-electron chi connectivity index (χ4n) is 1.36. The van der Waals surface area contributed by atoms with Gasteiger partial charge in [-0.3, -0.25) is 4.79 Å². The number of hydrogen-bond donors (Lipinski definition) is 2. The minimum atomic E-state index is 0.00791. The van der Waals surface area contributed by atoms with Gasteiger partial charge >= 0.3 is 0 Å². The van der Waals surface area contributed by atoms with E-state index in [4.69, 9.17) is 5.11 Å². The molecule has 1 atom stereocenters. The number of carbonyl (C=O) groups is 1. The number of carbonyl (C=O) groups excluding carboxylic acids is 1. The number of hydrogen-bond acceptors (Lipinski definition) is 2. The maximum absolute atomic E-state index is 11.4. The topological polar surface area (TPSA) is 49.3 Å². The molecule has 3 nitrogen and oxygen atoms in total. The summed E-state index contributed by atoms with van der Waals surface area (Å²) in [6, 6.07) is 0. The molecule has 0 bridgehead atoms. The zero-order valence-electron chi connectivity index (χ0n) is 9.05. The summed E-state index contributed by atoms with van der Waals surface area (Å²) < 4.78 is 0. The van der Waals surface area contributed by atoms with Crippen LogP contribution >= 0.6 is 0 Å². The average Bonchev–Trinajstić information content (AvgIpc) is 1.96. The highest BCUT2D eigenvalue weighted by Gasteiger charge is 2.20. The smallest absolute Gasteiger partial charge is 0.222 e. The van der Waals surface area contributed by atoms with Gasteiger partial charge in [-0.25, -0.2) is 0 Å². The predicted molar refractivity (Wildman–Crippen MR) is 53.3 cm³/mol. The lowest BCUT2D eigenvalue weighted by Crippen LogP contribution is -2.33. The summed E-state index contributed by atoms with van der Waals surface area (Å²) >= 11 is 0. The maximum atomic E-state index is 11.4. The van der Waals surface area contributed by atoms with E-state index in [-0.39, 0.29) is 23.8 Å². The molecule has 0 aromatic heterocycles. The second-order valence-electron chi connectivity index (χ2n) is 4.68. The number of aliphatic hydroxyl groups excluding tert-OH is 1. The van der Waals surface area contributed by atoms with Crippen molar-refractivity contribution >= 4 is 5.91 Å². The lowest BCUT2D eigenvalue weighted by Gasteiger charge is -2.22. The molecular formula is C10H21NO2. The monoisotopic (exact) mass is 187 g/mol. The predicted octanol–water partition coefficient (Wildman–Crippen LogP) is 1.17. The van der Waals surface area contributed by atoms with Gasteiger partial charge in [-0.15, -0.1) is 0 Å². The molecule has 0 heterocycles. The Bertz CT molecular complexity index is 161. The molecule has 0 radical (unpaired) electrons. The van der Waals surface area contributed by atoms with Gasteiger partial charge in [0.15, 0.2) is 0 Å². The number of nitrogens with one attached hydrogen (secondary N) is 1. The maximum Gasteiger partial charge on any atom is 0.222 e. The lowest BCUT2D eigenvalue weighted by atomic mass is 9.85. The van der Waals surface area contributed by atoms with Crippen LogP contribution in [-0.4, -0.2) is 24.2 Å². The van der Waals surface area contributed by atoms with Gasteiger partial charge < -0.3 is 10.4 Å². The fraction of sp³-hybridized carbons (Fsp3) is 0.900. The number of rotatable bonds is 4. The van der Waals surface area contributed by atoms with Crippen LogP contribution in [0.25, 0.3) is 0 Å². The first kappa shape index (κ1) is 12.4. The molecule has 13 heavy (non-hydrogen) atoms. The van der Waals surface area contributed by atoms with Crippen molar-refractivity contribution in [1.82, 2.24) is 5.32 Å². The van der Waals surface area contributed by atoms with Crippen LogP contribution in [-0.2, 0) is 4.79 Å². The van der Waals surface area contributed by atoms with Crippen molar-refractivity contribution in [2.45, 2.75) is 34.1 Å². The Kier molecular flexibility index (Phi) is 4.99. The van der Waals surface area contributed by atoms with E-state index in [1.807, 2.05) is 6.92 Å². The highest BCUT2D eigenvalue weighted by Crippen LogP contribution is 2.23. The zero-order chi connectivity index (χ0) is 10.5. The molecule has 0 aromatic carbocycles. The third kappa shape index (κ3) is 6.58. The second-order valence-corrected chi connectivity index (χ2v) is 4.68. The van der Waals surface area contributed by atoms with E-state index in [0.29, 0.717) is 6.54 Å². The van der Waals surface area contributed by atoms with Crippen LogP contribution in [0.2, 0.25) is 0 Å². The van der Waals surface area contributed by atoms with Crippen LogP contribution in [0, 0.1) is 11.3 Å². The van der Waals surface area contributed by atoms with E-state index in [9.17, 15) is 4.79 Å². The van der Waals surface area contributed by atoms with Crippen molar-refractivity contribution in [3.8, 4) is 0 Å². The first-order valence-electron chi connectivity index (χ1n) is 4.75. The van der Waals surface area contributed by atoms with Crippen LogP contribution < -0.4 is 5.32 Å².